The molecule has 0 aromatic heterocycles. The van der Waals surface area contributed by atoms with E-state index in [0.717, 1.165) is 34.1 Å². The van der Waals surface area contributed by atoms with Crippen LogP contribution in [-0.2, 0) is 9.59 Å². The van der Waals surface area contributed by atoms with Gasteiger partial charge in [0, 0.05) is 42.4 Å². The van der Waals surface area contributed by atoms with Crippen LogP contribution >= 0.6 is 12.2 Å². The highest BCUT2D eigenvalue weighted by atomic mass is 32.1. The van der Waals surface area contributed by atoms with Gasteiger partial charge in [-0.1, -0.05) is 0 Å². The third-order valence-corrected chi connectivity index (χ3v) is 6.23. The predicted molar refractivity (Wildman–Crippen MR) is 125 cm³/mol. The number of nitro benzene ring substituents is 3. The van der Waals surface area contributed by atoms with E-state index in [4.69, 9.17) is 12.2 Å². The number of hydrogen-bond acceptors (Lipinski definition) is 9. The summed E-state index contributed by atoms with van der Waals surface area (Å²) in [6.45, 7) is 3.46. The van der Waals surface area contributed by atoms with Crippen molar-refractivity contribution in [3.05, 3.63) is 77.4 Å². The first-order valence-electron chi connectivity index (χ1n) is 10.2. The number of benzene rings is 2. The Bertz CT molecular complexity index is 1410. The smallest absolute Gasteiger partial charge is 0.284 e. The van der Waals surface area contributed by atoms with Crippen molar-refractivity contribution >= 4 is 51.8 Å². The summed E-state index contributed by atoms with van der Waals surface area (Å²) in [6, 6.07) is 5.27. The largest absolute Gasteiger partial charge is 0.285 e. The first kappa shape index (κ1) is 23.6. The minimum atomic E-state index is -0.836. The molecule has 2 aromatic rings. The van der Waals surface area contributed by atoms with E-state index in [2.05, 4.69) is 0 Å². The summed E-state index contributed by atoms with van der Waals surface area (Å²) in [5.41, 5.74) is -2.29. The van der Waals surface area contributed by atoms with Crippen molar-refractivity contribution in [1.82, 2.24) is 9.80 Å². The van der Waals surface area contributed by atoms with Crippen LogP contribution in [0.1, 0.15) is 25.0 Å². The molecule has 1 heterocycles. The fourth-order valence-electron chi connectivity index (χ4n) is 4.28. The predicted octanol–water partition coefficient (Wildman–Crippen LogP) is 3.19. The normalized spacial score (nSPS) is 14.9. The Morgan fingerprint density at radius 2 is 1.29 bits per heavy atom. The first-order chi connectivity index (χ1) is 16.5. The van der Waals surface area contributed by atoms with Gasteiger partial charge >= 0.3 is 0 Å². The zero-order valence-corrected chi connectivity index (χ0v) is 19.0. The zero-order chi connectivity index (χ0) is 25.8. The highest BCUT2D eigenvalue weighted by Gasteiger charge is 2.44. The van der Waals surface area contributed by atoms with Crippen LogP contribution in [0.2, 0.25) is 0 Å². The summed E-state index contributed by atoms with van der Waals surface area (Å²) in [5.74, 6) is -1.61. The number of non-ortho nitro benzene ring substituents is 2. The minimum absolute atomic E-state index is 0.00872. The molecule has 2 aromatic carbocycles. The van der Waals surface area contributed by atoms with Gasteiger partial charge in [0.2, 0.25) is 0 Å². The molecule has 1 fully saturated rings. The lowest BCUT2D eigenvalue weighted by Crippen LogP contribution is -2.56. The number of likely N-dealkylation sites (N-methyl/N-ethyl adjacent to an activating group) is 2. The van der Waals surface area contributed by atoms with Crippen molar-refractivity contribution in [1.29, 1.82) is 0 Å². The number of thiocarbonyl (C=S) groups is 1. The first-order valence-corrected chi connectivity index (χ1v) is 10.6. The van der Waals surface area contributed by atoms with Crippen molar-refractivity contribution in [3.8, 4) is 11.1 Å². The lowest BCUT2D eigenvalue weighted by atomic mass is 9.94. The molecule has 0 unspecified atom stereocenters. The number of carbonyl (C=O) groups excluding carboxylic acids is 2. The van der Waals surface area contributed by atoms with E-state index in [-0.39, 0.29) is 46.0 Å². The molecular formula is C21H15N5O8S. The minimum Gasteiger partial charge on any atom is -0.285 e. The van der Waals surface area contributed by atoms with Gasteiger partial charge in [-0.2, -0.15) is 0 Å². The van der Waals surface area contributed by atoms with Gasteiger partial charge < -0.3 is 0 Å². The Morgan fingerprint density at radius 3 is 1.77 bits per heavy atom. The van der Waals surface area contributed by atoms with Crippen molar-refractivity contribution in [3.63, 3.8) is 0 Å². The van der Waals surface area contributed by atoms with Crippen LogP contribution < -0.4 is 0 Å². The van der Waals surface area contributed by atoms with E-state index in [1.54, 1.807) is 13.8 Å². The Balaban J connectivity index is 2.20. The second-order valence-corrected chi connectivity index (χ2v) is 7.89. The summed E-state index contributed by atoms with van der Waals surface area (Å²) in [4.78, 5) is 61.7. The second kappa shape index (κ2) is 8.32. The molecular weight excluding hydrogens is 482 g/mol. The number of nitro groups is 3. The maximum absolute atomic E-state index is 13.4. The number of amides is 2. The van der Waals surface area contributed by atoms with Crippen molar-refractivity contribution < 1.29 is 24.4 Å². The Labute approximate surface area is 201 Å². The number of hydrogen-bond donors (Lipinski definition) is 0. The highest BCUT2D eigenvalue weighted by Crippen LogP contribution is 2.52. The molecule has 4 rings (SSSR count). The Morgan fingerprint density at radius 1 is 0.743 bits per heavy atom. The SMILES string of the molecule is CCN1C(=O)C(=C2c3cc([N+](=O)[O-])ccc3-c3c2cc([N+](=O)[O-])cc3[N+](=O)[O-])C(=O)N(CC)C1=S. The van der Waals surface area contributed by atoms with E-state index >= 15 is 0 Å². The molecule has 1 aliphatic carbocycles. The standard InChI is InChI=1S/C21H15N5O8S/c1-3-22-19(27)18(20(28)23(4-2)21(22)35)17-13-7-10(24(29)30)5-6-12(13)16-14(17)8-11(25(31)32)9-15(16)26(33)34/h5-9H,3-4H2,1-2H3. The van der Waals surface area contributed by atoms with Crippen LogP contribution in [0.25, 0.3) is 16.7 Å². The topological polar surface area (TPSA) is 170 Å². The molecule has 0 atom stereocenters. The van der Waals surface area contributed by atoms with Gasteiger partial charge in [0.25, 0.3) is 28.9 Å². The fourth-order valence-corrected chi connectivity index (χ4v) is 4.70. The molecule has 0 N–H and O–H groups in total. The monoisotopic (exact) mass is 497 g/mol. The molecule has 1 aliphatic heterocycles. The molecule has 35 heavy (non-hydrogen) atoms. The zero-order valence-electron chi connectivity index (χ0n) is 18.2. The van der Waals surface area contributed by atoms with Crippen LogP contribution in [0, 0.1) is 30.3 Å². The molecule has 2 aliphatic rings. The lowest BCUT2D eigenvalue weighted by Gasteiger charge is -2.36. The van der Waals surface area contributed by atoms with Gasteiger partial charge in [-0.25, -0.2) is 0 Å². The Hall–Kier alpha value is -4.59. The van der Waals surface area contributed by atoms with E-state index in [1.165, 1.54) is 6.07 Å². The number of carbonyl (C=O) groups is 2. The molecule has 2 amide bonds. The van der Waals surface area contributed by atoms with Crippen LogP contribution in [0.3, 0.4) is 0 Å². The van der Waals surface area contributed by atoms with Gasteiger partial charge in [0.05, 0.1) is 26.4 Å². The van der Waals surface area contributed by atoms with Crippen LogP contribution in [0.5, 0.6) is 0 Å². The van der Waals surface area contributed by atoms with Crippen molar-refractivity contribution in [2.45, 2.75) is 13.8 Å². The molecule has 178 valence electrons. The average molecular weight is 497 g/mol. The maximum Gasteiger partial charge on any atom is 0.284 e. The van der Waals surface area contributed by atoms with E-state index in [0.29, 0.717) is 0 Å². The van der Waals surface area contributed by atoms with E-state index in [9.17, 15) is 39.9 Å². The van der Waals surface area contributed by atoms with Gasteiger partial charge in [0.1, 0.15) is 5.57 Å². The third-order valence-electron chi connectivity index (χ3n) is 5.79. The van der Waals surface area contributed by atoms with Crippen LogP contribution in [0.4, 0.5) is 17.1 Å². The van der Waals surface area contributed by atoms with Crippen LogP contribution in [0.15, 0.2) is 35.9 Å². The second-order valence-electron chi connectivity index (χ2n) is 7.52. The highest BCUT2D eigenvalue weighted by molar-refractivity contribution is 7.80. The third kappa shape index (κ3) is 3.42. The molecule has 14 heteroatoms. The molecule has 0 spiro atoms. The Kier molecular flexibility index (Phi) is 5.60. The quantitative estimate of drug-likeness (QED) is 0.169. The summed E-state index contributed by atoms with van der Waals surface area (Å²) < 4.78 is 0. The number of rotatable bonds is 5. The molecule has 0 radical (unpaired) electrons. The number of nitrogens with zero attached hydrogens (tertiary/aromatic N) is 5. The average Bonchev–Trinajstić information content (AvgIpc) is 3.12. The van der Waals surface area contributed by atoms with Crippen molar-refractivity contribution in [2.24, 2.45) is 0 Å². The van der Waals surface area contributed by atoms with Gasteiger partial charge in [-0.15, -0.1) is 0 Å². The molecule has 0 bridgehead atoms. The molecule has 13 nitrogen and oxygen atoms in total. The summed E-state index contributed by atoms with van der Waals surface area (Å²) in [6.07, 6.45) is 0. The van der Waals surface area contributed by atoms with E-state index in [1.807, 2.05) is 0 Å². The molecule has 1 saturated heterocycles. The maximum atomic E-state index is 13.4. The van der Waals surface area contributed by atoms with Crippen LogP contribution in [-0.4, -0.2) is 54.6 Å². The summed E-state index contributed by atoms with van der Waals surface area (Å²) in [7, 11) is 0. The number of fused-ring (bicyclic) bond motifs is 3. The van der Waals surface area contributed by atoms with Gasteiger partial charge in [-0.05, 0) is 43.3 Å². The van der Waals surface area contributed by atoms with Crippen molar-refractivity contribution in [2.75, 3.05) is 13.1 Å². The summed E-state index contributed by atoms with van der Waals surface area (Å²) >= 11 is 5.27. The molecule has 0 saturated carbocycles. The summed E-state index contributed by atoms with van der Waals surface area (Å²) in [5, 5.41) is 34.9. The van der Waals surface area contributed by atoms with E-state index < -0.39 is 49.2 Å². The lowest BCUT2D eigenvalue weighted by molar-refractivity contribution is -0.393. The van der Waals surface area contributed by atoms with Gasteiger partial charge in [-0.3, -0.25) is 49.7 Å². The van der Waals surface area contributed by atoms with Gasteiger partial charge in [0.15, 0.2) is 5.11 Å². The fraction of sp³-hybridized carbons (Fsp3) is 0.190.